The highest BCUT2D eigenvalue weighted by molar-refractivity contribution is 6.32. The summed E-state index contributed by atoms with van der Waals surface area (Å²) >= 11 is 6.17. The maximum absolute atomic E-state index is 12.4. The molecule has 1 N–H and O–H groups in total. The van der Waals surface area contributed by atoms with Crippen LogP contribution in [-0.2, 0) is 14.3 Å². The van der Waals surface area contributed by atoms with Crippen LogP contribution < -0.4 is 14.8 Å². The Kier molecular flexibility index (Phi) is 5.96. The molecule has 30 heavy (non-hydrogen) atoms. The molecule has 0 unspecified atom stereocenters. The summed E-state index contributed by atoms with van der Waals surface area (Å²) in [6, 6.07) is 3.36. The van der Waals surface area contributed by atoms with Crippen LogP contribution in [0, 0.1) is 17.8 Å². The third-order valence-electron chi connectivity index (χ3n) is 6.66. The summed E-state index contributed by atoms with van der Waals surface area (Å²) in [5, 5.41) is 3.58. The van der Waals surface area contributed by atoms with Crippen molar-refractivity contribution in [3.8, 4) is 11.5 Å². The second-order valence-electron chi connectivity index (χ2n) is 8.93. The number of benzene rings is 1. The van der Waals surface area contributed by atoms with Gasteiger partial charge in [0.2, 0.25) is 0 Å². The van der Waals surface area contributed by atoms with Crippen molar-refractivity contribution >= 4 is 29.6 Å². The fourth-order valence-corrected chi connectivity index (χ4v) is 6.28. The molecule has 1 amide bonds. The third kappa shape index (κ3) is 4.43. The number of amides is 1. The molecule has 4 fully saturated rings. The van der Waals surface area contributed by atoms with E-state index in [-0.39, 0.29) is 18.1 Å². The van der Waals surface area contributed by atoms with Crippen LogP contribution in [0.15, 0.2) is 18.2 Å². The Balaban J connectivity index is 1.30. The quantitative estimate of drug-likeness (QED) is 0.519. The lowest BCUT2D eigenvalue weighted by Gasteiger charge is -2.56. The van der Waals surface area contributed by atoms with Crippen molar-refractivity contribution in [2.45, 2.75) is 44.1 Å². The Hall–Kier alpha value is -2.21. The van der Waals surface area contributed by atoms with Crippen molar-refractivity contribution in [1.29, 1.82) is 0 Å². The van der Waals surface area contributed by atoms with Gasteiger partial charge in [-0.2, -0.15) is 0 Å². The molecule has 4 aliphatic rings. The molecule has 5 rings (SSSR count). The minimum Gasteiger partial charge on any atom is -0.493 e. The first kappa shape index (κ1) is 21.0. The first-order valence-electron chi connectivity index (χ1n) is 10.5. The number of esters is 1. The second-order valence-corrected chi connectivity index (χ2v) is 9.33. The van der Waals surface area contributed by atoms with Gasteiger partial charge in [0.1, 0.15) is 0 Å². The molecule has 1 aromatic carbocycles. The molecule has 4 bridgehead atoms. The van der Waals surface area contributed by atoms with Crippen LogP contribution in [0.4, 0.5) is 0 Å². The molecule has 4 saturated carbocycles. The van der Waals surface area contributed by atoms with E-state index >= 15 is 0 Å². The van der Waals surface area contributed by atoms with Crippen LogP contribution in [0.5, 0.6) is 11.5 Å². The van der Waals surface area contributed by atoms with E-state index in [1.54, 1.807) is 18.2 Å². The lowest BCUT2D eigenvalue weighted by molar-refractivity contribution is -0.145. The molecular formula is C23H28ClNO5. The molecule has 6 nitrogen and oxygen atoms in total. The van der Waals surface area contributed by atoms with Gasteiger partial charge in [0, 0.05) is 11.6 Å². The second kappa shape index (κ2) is 8.50. The van der Waals surface area contributed by atoms with E-state index in [1.807, 2.05) is 0 Å². The molecule has 162 valence electrons. The number of hydrogen-bond donors (Lipinski definition) is 1. The summed E-state index contributed by atoms with van der Waals surface area (Å²) in [6.07, 6.45) is 9.98. The van der Waals surface area contributed by atoms with Crippen LogP contribution in [0.1, 0.15) is 44.1 Å². The van der Waals surface area contributed by atoms with Gasteiger partial charge in [0.25, 0.3) is 5.91 Å². The largest absolute Gasteiger partial charge is 0.493 e. The minimum absolute atomic E-state index is 0.0789. The number of carbonyl (C=O) groups excluding carboxylic acids is 2. The number of carbonyl (C=O) groups is 2. The maximum Gasteiger partial charge on any atom is 0.331 e. The molecule has 0 saturated heterocycles. The lowest BCUT2D eigenvalue weighted by atomic mass is 9.53. The molecule has 0 heterocycles. The van der Waals surface area contributed by atoms with E-state index in [9.17, 15) is 9.59 Å². The summed E-state index contributed by atoms with van der Waals surface area (Å²) in [6.45, 7) is -0.266. The van der Waals surface area contributed by atoms with Gasteiger partial charge in [-0.25, -0.2) is 4.79 Å². The molecular weight excluding hydrogens is 406 g/mol. The number of methoxy groups -OCH3 is 2. The monoisotopic (exact) mass is 433 g/mol. The average molecular weight is 434 g/mol. The van der Waals surface area contributed by atoms with E-state index in [0.29, 0.717) is 22.1 Å². The molecule has 0 atom stereocenters. The van der Waals surface area contributed by atoms with E-state index in [4.69, 9.17) is 25.8 Å². The predicted octanol–water partition coefficient (Wildman–Crippen LogP) is 4.00. The lowest BCUT2D eigenvalue weighted by Crippen LogP contribution is -2.60. The summed E-state index contributed by atoms with van der Waals surface area (Å²) < 4.78 is 15.6. The van der Waals surface area contributed by atoms with Gasteiger partial charge in [-0.15, -0.1) is 0 Å². The van der Waals surface area contributed by atoms with Crippen molar-refractivity contribution < 1.29 is 23.8 Å². The van der Waals surface area contributed by atoms with Crippen LogP contribution in [0.3, 0.4) is 0 Å². The number of rotatable bonds is 7. The minimum atomic E-state index is -0.582. The van der Waals surface area contributed by atoms with Gasteiger partial charge in [0.15, 0.2) is 18.1 Å². The highest BCUT2D eigenvalue weighted by atomic mass is 35.5. The molecule has 7 heteroatoms. The zero-order chi connectivity index (χ0) is 21.3. The van der Waals surface area contributed by atoms with Crippen LogP contribution >= 0.6 is 11.6 Å². The molecule has 0 spiro atoms. The zero-order valence-electron chi connectivity index (χ0n) is 17.4. The van der Waals surface area contributed by atoms with E-state index in [2.05, 4.69) is 5.32 Å². The summed E-state index contributed by atoms with van der Waals surface area (Å²) in [4.78, 5) is 24.5. The fourth-order valence-electron chi connectivity index (χ4n) is 5.98. The number of halogens is 1. The van der Waals surface area contributed by atoms with Gasteiger partial charge in [-0.1, -0.05) is 11.6 Å². The molecule has 1 aromatic rings. The summed E-state index contributed by atoms with van der Waals surface area (Å²) in [5.41, 5.74) is 0.581. The van der Waals surface area contributed by atoms with Crippen LogP contribution in [0.2, 0.25) is 5.02 Å². The third-order valence-corrected chi connectivity index (χ3v) is 6.94. The van der Waals surface area contributed by atoms with E-state index < -0.39 is 5.97 Å². The van der Waals surface area contributed by atoms with Gasteiger partial charge in [-0.05, 0) is 80.1 Å². The first-order valence-corrected chi connectivity index (χ1v) is 10.8. The van der Waals surface area contributed by atoms with Gasteiger partial charge in [-0.3, -0.25) is 4.79 Å². The topological polar surface area (TPSA) is 73.9 Å². The maximum atomic E-state index is 12.4. The Bertz CT molecular complexity index is 830. The van der Waals surface area contributed by atoms with E-state index in [0.717, 1.165) is 37.0 Å². The highest BCUT2D eigenvalue weighted by Gasteiger charge is 2.51. The average Bonchev–Trinajstić information content (AvgIpc) is 2.68. The molecule has 0 aliphatic heterocycles. The Morgan fingerprint density at radius 3 is 2.30 bits per heavy atom. The fraction of sp³-hybridized carbons (Fsp3) is 0.565. The Labute approximate surface area is 181 Å². The standard InChI is InChI=1S/C23H28ClNO5/c1-28-19-9-14(8-18(24)22(19)29-2)3-4-21(27)30-13-20(26)25-23-10-15-5-16(11-23)7-17(6-15)12-23/h3-4,8-9,15-17H,5-7,10-13H2,1-2H3,(H,25,26). The van der Waals surface area contributed by atoms with Crippen molar-refractivity contribution in [2.75, 3.05) is 20.8 Å². The van der Waals surface area contributed by atoms with Crippen LogP contribution in [-0.4, -0.2) is 38.2 Å². The van der Waals surface area contributed by atoms with Gasteiger partial charge < -0.3 is 19.5 Å². The normalized spacial score (nSPS) is 29.1. The number of hydrogen-bond acceptors (Lipinski definition) is 5. The Morgan fingerprint density at radius 2 is 1.73 bits per heavy atom. The smallest absolute Gasteiger partial charge is 0.331 e. The summed E-state index contributed by atoms with van der Waals surface area (Å²) in [5.74, 6) is 2.34. The number of ether oxygens (including phenoxy) is 3. The SMILES string of the molecule is COc1cc(C=CC(=O)OCC(=O)NC23CC4CC(CC(C4)C2)C3)cc(Cl)c1OC. The molecule has 0 radical (unpaired) electrons. The molecule has 0 aromatic heterocycles. The van der Waals surface area contributed by atoms with E-state index in [1.165, 1.54) is 39.6 Å². The Morgan fingerprint density at radius 1 is 1.10 bits per heavy atom. The van der Waals surface area contributed by atoms with Crippen molar-refractivity contribution in [2.24, 2.45) is 17.8 Å². The van der Waals surface area contributed by atoms with Crippen molar-refractivity contribution in [1.82, 2.24) is 5.32 Å². The first-order chi connectivity index (χ1) is 14.4. The summed E-state index contributed by atoms with van der Waals surface area (Å²) in [7, 11) is 3.02. The van der Waals surface area contributed by atoms with Gasteiger partial charge in [0.05, 0.1) is 19.2 Å². The van der Waals surface area contributed by atoms with Crippen LogP contribution in [0.25, 0.3) is 6.08 Å². The molecule has 4 aliphatic carbocycles. The number of nitrogens with one attached hydrogen (secondary N) is 1. The highest BCUT2D eigenvalue weighted by Crippen LogP contribution is 2.55. The van der Waals surface area contributed by atoms with Crippen molar-refractivity contribution in [3.05, 3.63) is 28.8 Å². The van der Waals surface area contributed by atoms with Gasteiger partial charge >= 0.3 is 5.97 Å². The van der Waals surface area contributed by atoms with Crippen molar-refractivity contribution in [3.63, 3.8) is 0 Å². The predicted molar refractivity (Wildman–Crippen MR) is 114 cm³/mol. The zero-order valence-corrected chi connectivity index (χ0v) is 18.2.